The van der Waals surface area contributed by atoms with Gasteiger partial charge in [-0.05, 0) is 43.0 Å². The summed E-state index contributed by atoms with van der Waals surface area (Å²) in [5.74, 6) is 1.72. The van der Waals surface area contributed by atoms with Gasteiger partial charge in [-0.3, -0.25) is 0 Å². The molecular weight excluding hydrogens is 258 g/mol. The van der Waals surface area contributed by atoms with E-state index in [9.17, 15) is 0 Å². The minimum atomic E-state index is 0.0185. The lowest BCUT2D eigenvalue weighted by atomic mass is 10.0. The van der Waals surface area contributed by atoms with E-state index in [2.05, 4.69) is 26.0 Å². The maximum atomic E-state index is 6.15. The molecule has 0 saturated carbocycles. The third kappa shape index (κ3) is 4.33. The zero-order valence-corrected chi connectivity index (χ0v) is 13.0. The Kier molecular flexibility index (Phi) is 5.82. The molecule has 0 radical (unpaired) electrons. The summed E-state index contributed by atoms with van der Waals surface area (Å²) >= 11 is 0. The highest BCUT2D eigenvalue weighted by Crippen LogP contribution is 2.30. The quantitative estimate of drug-likeness (QED) is 0.755. The van der Waals surface area contributed by atoms with Crippen LogP contribution >= 0.6 is 0 Å². The van der Waals surface area contributed by atoms with Gasteiger partial charge in [0, 0.05) is 11.6 Å². The Morgan fingerprint density at radius 2 is 1.71 bits per heavy atom. The molecule has 0 fully saturated rings. The lowest BCUT2D eigenvalue weighted by molar-refractivity contribution is 0.468. The fourth-order valence-electron chi connectivity index (χ4n) is 2.33. The zero-order chi connectivity index (χ0) is 15.1. The number of benzene rings is 2. The number of hydrogen-bond donors (Lipinski definition) is 1. The lowest BCUT2D eigenvalue weighted by Crippen LogP contribution is -2.09. The van der Waals surface area contributed by atoms with E-state index >= 15 is 0 Å². The molecule has 0 spiro atoms. The first kappa shape index (κ1) is 15.6. The summed E-state index contributed by atoms with van der Waals surface area (Å²) in [6, 6.07) is 16.4. The van der Waals surface area contributed by atoms with Crippen LogP contribution in [0.4, 0.5) is 0 Å². The Labute approximate surface area is 127 Å². The second-order valence-corrected chi connectivity index (χ2v) is 5.40. The maximum Gasteiger partial charge on any atom is 0.132 e. The molecule has 0 amide bonds. The van der Waals surface area contributed by atoms with Crippen LogP contribution in [0, 0.1) is 0 Å². The third-order valence-corrected chi connectivity index (χ3v) is 3.73. The first-order valence-electron chi connectivity index (χ1n) is 7.85. The van der Waals surface area contributed by atoms with E-state index < -0.39 is 0 Å². The van der Waals surface area contributed by atoms with Gasteiger partial charge < -0.3 is 10.5 Å². The van der Waals surface area contributed by atoms with Gasteiger partial charge in [0.2, 0.25) is 0 Å². The van der Waals surface area contributed by atoms with Crippen LogP contribution in [0.3, 0.4) is 0 Å². The first-order chi connectivity index (χ1) is 10.2. The minimum absolute atomic E-state index is 0.0185. The summed E-state index contributed by atoms with van der Waals surface area (Å²) in [4.78, 5) is 0. The Balaban J connectivity index is 2.11. The van der Waals surface area contributed by atoms with Gasteiger partial charge in [0.15, 0.2) is 0 Å². The smallest absolute Gasteiger partial charge is 0.132 e. The van der Waals surface area contributed by atoms with Gasteiger partial charge in [-0.1, -0.05) is 50.6 Å². The van der Waals surface area contributed by atoms with Crippen LogP contribution in [0.25, 0.3) is 0 Å². The molecular formula is C19H25NO. The third-order valence-electron chi connectivity index (χ3n) is 3.73. The second kappa shape index (κ2) is 7.84. The van der Waals surface area contributed by atoms with Crippen molar-refractivity contribution < 1.29 is 4.74 Å². The Morgan fingerprint density at radius 3 is 2.38 bits per heavy atom. The topological polar surface area (TPSA) is 35.2 Å². The molecule has 1 atom stereocenters. The second-order valence-electron chi connectivity index (χ2n) is 5.40. The monoisotopic (exact) mass is 283 g/mol. The predicted molar refractivity (Wildman–Crippen MR) is 88.8 cm³/mol. The minimum Gasteiger partial charge on any atom is -0.457 e. The van der Waals surface area contributed by atoms with Gasteiger partial charge in [0.25, 0.3) is 0 Å². The van der Waals surface area contributed by atoms with E-state index in [1.54, 1.807) is 0 Å². The van der Waals surface area contributed by atoms with Crippen molar-refractivity contribution in [3.8, 4) is 11.5 Å². The number of ether oxygens (including phenoxy) is 1. The number of unbranched alkanes of at least 4 members (excludes halogenated alkanes) is 1. The molecule has 2 aromatic rings. The van der Waals surface area contributed by atoms with Crippen LogP contribution in [0.5, 0.6) is 11.5 Å². The zero-order valence-electron chi connectivity index (χ0n) is 13.0. The molecule has 112 valence electrons. The summed E-state index contributed by atoms with van der Waals surface area (Å²) in [5, 5.41) is 0. The Morgan fingerprint density at radius 1 is 1.00 bits per heavy atom. The van der Waals surface area contributed by atoms with Crippen molar-refractivity contribution in [2.75, 3.05) is 0 Å². The van der Waals surface area contributed by atoms with Crippen molar-refractivity contribution in [3.63, 3.8) is 0 Å². The fraction of sp³-hybridized carbons (Fsp3) is 0.368. The predicted octanol–water partition coefficient (Wildman–Crippen LogP) is 5.23. The molecule has 0 heterocycles. The molecule has 2 rings (SSSR count). The lowest BCUT2D eigenvalue weighted by Gasteiger charge is -2.15. The van der Waals surface area contributed by atoms with Gasteiger partial charge in [0.05, 0.1) is 0 Å². The van der Waals surface area contributed by atoms with Crippen LogP contribution in [0.15, 0.2) is 48.5 Å². The SMILES string of the molecule is CCCCc1ccc(Oc2ccccc2[C@@H](N)CC)cc1. The van der Waals surface area contributed by atoms with E-state index in [0.717, 1.165) is 29.9 Å². The van der Waals surface area contributed by atoms with Crippen LogP contribution in [0.2, 0.25) is 0 Å². The van der Waals surface area contributed by atoms with Crippen molar-refractivity contribution >= 4 is 0 Å². The fourth-order valence-corrected chi connectivity index (χ4v) is 2.33. The van der Waals surface area contributed by atoms with Crippen LogP contribution in [-0.2, 0) is 6.42 Å². The first-order valence-corrected chi connectivity index (χ1v) is 7.85. The molecule has 2 N–H and O–H groups in total. The molecule has 0 unspecified atom stereocenters. The molecule has 2 nitrogen and oxygen atoms in total. The molecule has 0 aliphatic heterocycles. The standard InChI is InChI=1S/C19H25NO/c1-3-5-8-15-11-13-16(14-12-15)21-19-10-7-6-9-17(19)18(20)4-2/h6-7,9-14,18H,3-5,8,20H2,1-2H3/t18-/m0/s1. The van der Waals surface area contributed by atoms with Crippen molar-refractivity contribution in [2.24, 2.45) is 5.73 Å². The molecule has 0 aliphatic carbocycles. The molecule has 2 aromatic carbocycles. The normalized spacial score (nSPS) is 12.1. The summed E-state index contributed by atoms with van der Waals surface area (Å²) < 4.78 is 6.01. The van der Waals surface area contributed by atoms with E-state index in [0.29, 0.717) is 0 Å². The summed E-state index contributed by atoms with van der Waals surface area (Å²) in [7, 11) is 0. The summed E-state index contributed by atoms with van der Waals surface area (Å²) in [6.45, 7) is 4.30. The number of nitrogens with two attached hydrogens (primary N) is 1. The van der Waals surface area contributed by atoms with Gasteiger partial charge in [0.1, 0.15) is 11.5 Å². The van der Waals surface area contributed by atoms with E-state index in [4.69, 9.17) is 10.5 Å². The van der Waals surface area contributed by atoms with Gasteiger partial charge in [-0.2, -0.15) is 0 Å². The molecule has 0 aromatic heterocycles. The number of rotatable bonds is 7. The number of para-hydroxylation sites is 1. The van der Waals surface area contributed by atoms with Gasteiger partial charge >= 0.3 is 0 Å². The molecule has 21 heavy (non-hydrogen) atoms. The highest BCUT2D eigenvalue weighted by Gasteiger charge is 2.10. The largest absolute Gasteiger partial charge is 0.457 e. The molecule has 0 aliphatic rings. The van der Waals surface area contributed by atoms with Crippen LogP contribution in [0.1, 0.15) is 50.3 Å². The van der Waals surface area contributed by atoms with Gasteiger partial charge in [-0.15, -0.1) is 0 Å². The average Bonchev–Trinajstić information content (AvgIpc) is 2.54. The highest BCUT2D eigenvalue weighted by molar-refractivity contribution is 5.40. The highest BCUT2D eigenvalue weighted by atomic mass is 16.5. The van der Waals surface area contributed by atoms with Crippen molar-refractivity contribution in [2.45, 2.75) is 45.6 Å². The summed E-state index contributed by atoms with van der Waals surface area (Å²) in [6.07, 6.45) is 4.49. The molecule has 0 saturated heterocycles. The van der Waals surface area contributed by atoms with Crippen LogP contribution in [-0.4, -0.2) is 0 Å². The van der Waals surface area contributed by atoms with Crippen molar-refractivity contribution in [1.82, 2.24) is 0 Å². The van der Waals surface area contributed by atoms with E-state index in [1.807, 2.05) is 36.4 Å². The molecule has 2 heteroatoms. The van der Waals surface area contributed by atoms with Crippen LogP contribution < -0.4 is 10.5 Å². The van der Waals surface area contributed by atoms with E-state index in [1.165, 1.54) is 18.4 Å². The number of hydrogen-bond acceptors (Lipinski definition) is 2. The average molecular weight is 283 g/mol. The molecule has 0 bridgehead atoms. The Hall–Kier alpha value is -1.80. The van der Waals surface area contributed by atoms with E-state index in [-0.39, 0.29) is 6.04 Å². The van der Waals surface area contributed by atoms with Crippen molar-refractivity contribution in [3.05, 3.63) is 59.7 Å². The Bertz CT molecular complexity index is 548. The summed E-state index contributed by atoms with van der Waals surface area (Å²) in [5.41, 5.74) is 8.58. The number of aryl methyl sites for hydroxylation is 1. The van der Waals surface area contributed by atoms with Crippen molar-refractivity contribution in [1.29, 1.82) is 0 Å². The van der Waals surface area contributed by atoms with Gasteiger partial charge in [-0.25, -0.2) is 0 Å². The maximum absolute atomic E-state index is 6.15.